The van der Waals surface area contributed by atoms with E-state index in [9.17, 15) is 0 Å². The third-order valence-corrected chi connectivity index (χ3v) is 4.11. The van der Waals surface area contributed by atoms with E-state index in [0.29, 0.717) is 11.1 Å². The van der Waals surface area contributed by atoms with E-state index < -0.39 is 6.37 Å². The Hall–Kier alpha value is -3.19. The van der Waals surface area contributed by atoms with Gasteiger partial charge >= 0.3 is 0 Å². The van der Waals surface area contributed by atoms with E-state index in [1.54, 1.807) is 12.3 Å². The van der Waals surface area contributed by atoms with Crippen LogP contribution in [0.25, 0.3) is 22.4 Å². The lowest BCUT2D eigenvalue weighted by Crippen LogP contribution is -1.91. The van der Waals surface area contributed by atoms with Gasteiger partial charge in [0.15, 0.2) is 0 Å². The van der Waals surface area contributed by atoms with Crippen LogP contribution in [0.4, 0.5) is 0 Å². The second-order valence-electron chi connectivity index (χ2n) is 5.86. The molecule has 0 amide bonds. The third-order valence-electron chi connectivity index (χ3n) is 4.11. The molecule has 0 radical (unpaired) electrons. The van der Waals surface area contributed by atoms with E-state index in [2.05, 4.69) is 17.1 Å². The average molecular weight is 323 g/mol. The quantitative estimate of drug-likeness (QED) is 0.448. The van der Waals surface area contributed by atoms with Crippen molar-refractivity contribution in [3.8, 4) is 22.4 Å². The predicted octanol–water partition coefficient (Wildman–Crippen LogP) is 6.01. The van der Waals surface area contributed by atoms with Crippen molar-refractivity contribution in [2.75, 3.05) is 0 Å². The Kier molecular flexibility index (Phi) is 3.76. The molecule has 0 atom stereocenters. The summed E-state index contributed by atoms with van der Waals surface area (Å²) < 4.78 is 17.4. The predicted molar refractivity (Wildman–Crippen MR) is 104 cm³/mol. The van der Waals surface area contributed by atoms with E-state index in [1.807, 2.05) is 78.9 Å². The van der Waals surface area contributed by atoms with Gasteiger partial charge in [0.05, 0.1) is 5.69 Å². The Morgan fingerprint density at radius 3 is 1.88 bits per heavy atom. The van der Waals surface area contributed by atoms with Crippen molar-refractivity contribution in [2.24, 2.45) is 0 Å². The van der Waals surface area contributed by atoms with Crippen LogP contribution in [0.15, 0.2) is 103 Å². The Balaban J connectivity index is 1.67. The summed E-state index contributed by atoms with van der Waals surface area (Å²) in [7, 11) is 0. The second kappa shape index (κ2) is 7.14. The highest BCUT2D eigenvalue weighted by molar-refractivity contribution is 5.63. The lowest BCUT2D eigenvalue weighted by Gasteiger charge is -2.07. The molecule has 0 fully saturated rings. The zero-order valence-electron chi connectivity index (χ0n) is 15.8. The number of benzene rings is 3. The molecule has 0 unspecified atom stereocenters. The number of pyridine rings is 1. The third kappa shape index (κ3) is 3.67. The first-order chi connectivity index (χ1) is 13.1. The summed E-state index contributed by atoms with van der Waals surface area (Å²) in [6.07, 6.45) is 0.0789. The van der Waals surface area contributed by atoms with E-state index >= 15 is 0 Å². The topological polar surface area (TPSA) is 12.9 Å². The summed E-state index contributed by atoms with van der Waals surface area (Å²) in [5, 5.41) is 0. The highest BCUT2D eigenvalue weighted by Crippen LogP contribution is 2.22. The molecule has 25 heavy (non-hydrogen) atoms. The van der Waals surface area contributed by atoms with Crippen LogP contribution in [-0.4, -0.2) is 4.98 Å². The van der Waals surface area contributed by atoms with E-state index in [1.165, 1.54) is 0 Å². The van der Waals surface area contributed by atoms with Crippen LogP contribution in [0, 0.1) is 0 Å². The molecule has 1 nitrogen and oxygen atoms in total. The van der Waals surface area contributed by atoms with Crippen LogP contribution in [0.3, 0.4) is 0 Å². The Morgan fingerprint density at radius 2 is 1.20 bits per heavy atom. The fraction of sp³-hybridized carbons (Fsp3) is 0.0417. The number of aromatic nitrogens is 1. The van der Waals surface area contributed by atoms with Gasteiger partial charge in [-0.15, -0.1) is 0 Å². The van der Waals surface area contributed by atoms with Crippen LogP contribution in [0.5, 0.6) is 0 Å². The molecule has 1 heteroatoms. The summed E-state index contributed by atoms with van der Waals surface area (Å²) in [6, 6.07) is 31.2. The van der Waals surface area contributed by atoms with Gasteiger partial charge in [-0.2, -0.15) is 0 Å². The van der Waals surface area contributed by atoms with Crippen LogP contribution in [-0.2, 0) is 6.37 Å². The summed E-state index contributed by atoms with van der Waals surface area (Å²) in [6.45, 7) is 0. The van der Waals surface area contributed by atoms with Crippen LogP contribution >= 0.6 is 0 Å². The minimum absolute atomic E-state index is 0.601. The highest BCUT2D eigenvalue weighted by atomic mass is 14.7. The standard InChI is InChI=1S/C24H19N/c1-3-7-21(8-4-1)22-13-11-19(12-14-22)17-20-15-16-25-24(18-20)23-9-5-2-6-10-23/h1-16,18H,17H2/i17D2. The van der Waals surface area contributed by atoms with Crippen molar-refractivity contribution < 1.29 is 2.74 Å². The lowest BCUT2D eigenvalue weighted by molar-refractivity contribution is 1.16. The van der Waals surface area contributed by atoms with Gasteiger partial charge in [0.1, 0.15) is 0 Å². The van der Waals surface area contributed by atoms with Crippen molar-refractivity contribution in [3.05, 3.63) is 114 Å². The van der Waals surface area contributed by atoms with Crippen molar-refractivity contribution in [1.82, 2.24) is 4.98 Å². The monoisotopic (exact) mass is 323 g/mol. The van der Waals surface area contributed by atoms with Crippen LogP contribution in [0.1, 0.15) is 13.9 Å². The number of hydrogen-bond acceptors (Lipinski definition) is 1. The molecule has 0 saturated carbocycles. The van der Waals surface area contributed by atoms with E-state index in [-0.39, 0.29) is 0 Å². The fourth-order valence-corrected chi connectivity index (χ4v) is 2.82. The molecule has 0 saturated heterocycles. The molecule has 0 N–H and O–H groups in total. The number of rotatable bonds is 4. The lowest BCUT2D eigenvalue weighted by atomic mass is 10.00. The van der Waals surface area contributed by atoms with E-state index in [0.717, 1.165) is 22.4 Å². The second-order valence-corrected chi connectivity index (χ2v) is 5.86. The summed E-state index contributed by atoms with van der Waals surface area (Å²) in [5.74, 6) is 0. The maximum atomic E-state index is 8.68. The van der Waals surface area contributed by atoms with Gasteiger partial charge in [-0.1, -0.05) is 84.9 Å². The number of hydrogen-bond donors (Lipinski definition) is 0. The maximum absolute atomic E-state index is 8.68. The van der Waals surface area contributed by atoms with E-state index in [4.69, 9.17) is 2.74 Å². The first kappa shape index (κ1) is 13.1. The molecular weight excluding hydrogens is 302 g/mol. The SMILES string of the molecule is [2H]C([2H])(c1ccc(-c2ccccc2)cc1)c1ccnc(-c2ccccc2)c1. The van der Waals surface area contributed by atoms with Crippen LogP contribution < -0.4 is 0 Å². The Bertz CT molecular complexity index is 1030. The van der Waals surface area contributed by atoms with Crippen LogP contribution in [0.2, 0.25) is 0 Å². The minimum Gasteiger partial charge on any atom is -0.256 e. The molecule has 1 heterocycles. The molecule has 1 aromatic heterocycles. The zero-order chi connectivity index (χ0) is 18.7. The zero-order valence-corrected chi connectivity index (χ0v) is 13.8. The Morgan fingerprint density at radius 1 is 0.600 bits per heavy atom. The van der Waals surface area contributed by atoms with Gasteiger partial charge < -0.3 is 0 Å². The molecule has 0 aliphatic carbocycles. The Labute approximate surface area is 151 Å². The van der Waals surface area contributed by atoms with Crippen molar-refractivity contribution in [2.45, 2.75) is 6.37 Å². The normalized spacial score (nSPS) is 12.3. The average Bonchev–Trinajstić information content (AvgIpc) is 2.75. The highest BCUT2D eigenvalue weighted by Gasteiger charge is 2.03. The summed E-state index contributed by atoms with van der Waals surface area (Å²) >= 11 is 0. The van der Waals surface area contributed by atoms with Gasteiger partial charge in [-0.05, 0) is 40.8 Å². The molecule has 4 aromatic rings. The smallest absolute Gasteiger partial charge is 0.0704 e. The molecule has 0 aliphatic rings. The molecule has 0 spiro atoms. The fourth-order valence-electron chi connectivity index (χ4n) is 2.82. The van der Waals surface area contributed by atoms with Gasteiger partial charge in [-0.25, -0.2) is 0 Å². The largest absolute Gasteiger partial charge is 0.256 e. The van der Waals surface area contributed by atoms with Gasteiger partial charge in [0, 0.05) is 14.5 Å². The summed E-state index contributed by atoms with van der Waals surface area (Å²) in [5.41, 5.74) is 5.19. The first-order valence-electron chi connectivity index (χ1n) is 9.32. The molecule has 3 aromatic carbocycles. The van der Waals surface area contributed by atoms with Crippen molar-refractivity contribution >= 4 is 0 Å². The van der Waals surface area contributed by atoms with Crippen molar-refractivity contribution in [1.29, 1.82) is 0 Å². The summed E-state index contributed by atoms with van der Waals surface area (Å²) in [4.78, 5) is 4.40. The molecule has 120 valence electrons. The molecule has 0 bridgehead atoms. The van der Waals surface area contributed by atoms with Gasteiger partial charge in [0.2, 0.25) is 0 Å². The maximum Gasteiger partial charge on any atom is 0.0704 e. The molecule has 0 aliphatic heterocycles. The van der Waals surface area contributed by atoms with Gasteiger partial charge in [0.25, 0.3) is 0 Å². The van der Waals surface area contributed by atoms with Crippen molar-refractivity contribution in [3.63, 3.8) is 0 Å². The molecule has 4 rings (SSSR count). The van der Waals surface area contributed by atoms with Gasteiger partial charge in [-0.3, -0.25) is 4.98 Å². The molecular formula is C24H19N. The minimum atomic E-state index is -1.60. The number of nitrogens with zero attached hydrogens (tertiary/aromatic N) is 1. The first-order valence-corrected chi connectivity index (χ1v) is 8.32.